The maximum absolute atomic E-state index is 12.9. The van der Waals surface area contributed by atoms with E-state index in [1.165, 1.54) is 0 Å². The van der Waals surface area contributed by atoms with Gasteiger partial charge in [0, 0.05) is 34.6 Å². The molecule has 0 fully saturated rings. The van der Waals surface area contributed by atoms with E-state index in [1.54, 1.807) is 6.08 Å². The lowest BCUT2D eigenvalue weighted by Gasteiger charge is -2.27. The van der Waals surface area contributed by atoms with Crippen LogP contribution >= 0.6 is 0 Å². The average Bonchev–Trinajstić information content (AvgIpc) is 3.25. The van der Waals surface area contributed by atoms with E-state index in [1.807, 2.05) is 56.3 Å². The summed E-state index contributed by atoms with van der Waals surface area (Å²) < 4.78 is 0. The summed E-state index contributed by atoms with van der Waals surface area (Å²) in [6, 6.07) is 15.7. The van der Waals surface area contributed by atoms with Crippen molar-refractivity contribution in [1.82, 2.24) is 0 Å². The Hall–Kier alpha value is -3.47. The summed E-state index contributed by atoms with van der Waals surface area (Å²) in [5, 5.41) is 14.4. The van der Waals surface area contributed by atoms with Gasteiger partial charge in [-0.15, -0.1) is 0 Å². The van der Waals surface area contributed by atoms with Crippen LogP contribution in [0.1, 0.15) is 45.2 Å². The molecule has 5 heteroatoms. The Kier molecular flexibility index (Phi) is 4.32. The van der Waals surface area contributed by atoms with Crippen LogP contribution in [0.2, 0.25) is 0 Å². The quantitative estimate of drug-likeness (QED) is 0.529. The molecule has 2 aromatic rings. The fraction of sp³-hybridized carbons (Fsp3) is 0.296. The number of anilines is 1. The molecule has 3 aliphatic rings. The highest BCUT2D eigenvalue weighted by molar-refractivity contribution is 6.53. The van der Waals surface area contributed by atoms with E-state index in [0.29, 0.717) is 5.71 Å². The average molecular weight is 427 g/mol. The van der Waals surface area contributed by atoms with Crippen LogP contribution in [-0.2, 0) is 20.4 Å². The first-order chi connectivity index (χ1) is 15.1. The van der Waals surface area contributed by atoms with E-state index in [2.05, 4.69) is 30.2 Å². The second-order valence-electron chi connectivity index (χ2n) is 9.85. The number of nitrogens with zero attached hydrogens (tertiary/aromatic N) is 1. The fourth-order valence-electron chi connectivity index (χ4n) is 5.05. The molecule has 0 spiro atoms. The zero-order valence-corrected chi connectivity index (χ0v) is 18.7. The van der Waals surface area contributed by atoms with Crippen molar-refractivity contribution in [2.75, 3.05) is 5.32 Å². The van der Waals surface area contributed by atoms with Crippen LogP contribution in [0.3, 0.4) is 0 Å². The molecule has 5 rings (SSSR count). The molecular weight excluding hydrogens is 400 g/mol. The number of benzene rings is 2. The number of para-hydroxylation sites is 2. The van der Waals surface area contributed by atoms with Crippen LogP contribution < -0.4 is 5.32 Å². The lowest BCUT2D eigenvalue weighted by Crippen LogP contribution is -2.34. The first-order valence-corrected chi connectivity index (χ1v) is 10.9. The zero-order chi connectivity index (χ0) is 22.8. The van der Waals surface area contributed by atoms with Crippen LogP contribution in [0.25, 0.3) is 0 Å². The number of aliphatic hydroxyl groups excluding tert-OH is 1. The maximum atomic E-state index is 12.9. The molecule has 0 bridgehead atoms. The van der Waals surface area contributed by atoms with Gasteiger partial charge in [-0.25, -0.2) is 0 Å². The summed E-state index contributed by atoms with van der Waals surface area (Å²) in [6.07, 6.45) is 1.86. The number of aliphatic hydroxyl groups is 1. The third kappa shape index (κ3) is 2.80. The van der Waals surface area contributed by atoms with Crippen LogP contribution in [0, 0.1) is 0 Å². The SMILES string of the molecule is CC1(C)C(/C=C2\C(=O)C(=O)C(CC3Nc4ccccc4C3(C)C)=C2O)=Nc2ccccc21. The van der Waals surface area contributed by atoms with Crippen molar-refractivity contribution in [3.05, 3.63) is 82.6 Å². The molecular formula is C27H26N2O3. The number of fused-ring (bicyclic) bond motifs is 2. The number of nitrogens with one attached hydrogen (secondary N) is 1. The van der Waals surface area contributed by atoms with Crippen molar-refractivity contribution in [1.29, 1.82) is 0 Å². The third-order valence-corrected chi connectivity index (χ3v) is 7.24. The number of carbonyl (C=O) groups is 2. The number of hydrogen-bond donors (Lipinski definition) is 2. The van der Waals surface area contributed by atoms with Gasteiger partial charge >= 0.3 is 0 Å². The predicted octanol–water partition coefficient (Wildman–Crippen LogP) is 5.10. The normalized spacial score (nSPS) is 23.9. The van der Waals surface area contributed by atoms with Gasteiger partial charge in [0.1, 0.15) is 5.76 Å². The number of hydrogen-bond acceptors (Lipinski definition) is 5. The molecule has 0 saturated carbocycles. The Morgan fingerprint density at radius 3 is 2.31 bits per heavy atom. The van der Waals surface area contributed by atoms with Crippen molar-refractivity contribution in [2.45, 2.75) is 51.0 Å². The molecule has 0 radical (unpaired) electrons. The van der Waals surface area contributed by atoms with Gasteiger partial charge in [-0.1, -0.05) is 64.1 Å². The minimum absolute atomic E-state index is 0.0398. The number of Topliss-reactive ketones (excluding diaryl/α,β-unsaturated/α-hetero) is 2. The summed E-state index contributed by atoms with van der Waals surface area (Å²) in [5.74, 6) is -1.51. The van der Waals surface area contributed by atoms with E-state index in [4.69, 9.17) is 0 Å². The Labute approximate surface area is 187 Å². The molecule has 1 unspecified atom stereocenters. The van der Waals surface area contributed by atoms with Crippen LogP contribution in [0.4, 0.5) is 11.4 Å². The van der Waals surface area contributed by atoms with Gasteiger partial charge in [-0.3, -0.25) is 14.6 Å². The lowest BCUT2D eigenvalue weighted by atomic mass is 9.78. The van der Waals surface area contributed by atoms with E-state index >= 15 is 0 Å². The molecule has 32 heavy (non-hydrogen) atoms. The van der Waals surface area contributed by atoms with E-state index in [9.17, 15) is 14.7 Å². The van der Waals surface area contributed by atoms with Crippen LogP contribution in [-0.4, -0.2) is 28.4 Å². The van der Waals surface area contributed by atoms with Gasteiger partial charge in [0.15, 0.2) is 0 Å². The fourth-order valence-corrected chi connectivity index (χ4v) is 5.05. The number of aliphatic imine (C=N–C) groups is 1. The Bertz CT molecular complexity index is 1280. The number of allylic oxidation sites excluding steroid dienone is 2. The maximum Gasteiger partial charge on any atom is 0.237 e. The van der Waals surface area contributed by atoms with Gasteiger partial charge in [0.2, 0.25) is 11.6 Å². The summed E-state index contributed by atoms with van der Waals surface area (Å²) in [5.41, 5.74) is 4.29. The summed E-state index contributed by atoms with van der Waals surface area (Å²) in [6.45, 7) is 8.28. The molecule has 0 amide bonds. The zero-order valence-electron chi connectivity index (χ0n) is 18.7. The molecule has 162 valence electrons. The summed E-state index contributed by atoms with van der Waals surface area (Å²) in [7, 11) is 0. The lowest BCUT2D eigenvalue weighted by molar-refractivity contribution is -0.131. The van der Waals surface area contributed by atoms with Crippen LogP contribution in [0.5, 0.6) is 0 Å². The number of carbonyl (C=O) groups excluding carboxylic acids is 2. The molecule has 1 aliphatic carbocycles. The third-order valence-electron chi connectivity index (χ3n) is 7.24. The molecule has 5 nitrogen and oxygen atoms in total. The molecule has 2 aromatic carbocycles. The monoisotopic (exact) mass is 426 g/mol. The molecule has 2 N–H and O–H groups in total. The molecule has 1 atom stereocenters. The first kappa shape index (κ1) is 20.4. The van der Waals surface area contributed by atoms with Crippen molar-refractivity contribution >= 4 is 28.7 Å². The van der Waals surface area contributed by atoms with E-state index in [0.717, 1.165) is 22.5 Å². The molecule has 0 aromatic heterocycles. The predicted molar refractivity (Wildman–Crippen MR) is 126 cm³/mol. The smallest absolute Gasteiger partial charge is 0.237 e. The summed E-state index contributed by atoms with van der Waals surface area (Å²) in [4.78, 5) is 30.4. The Morgan fingerprint density at radius 1 is 0.969 bits per heavy atom. The molecule has 2 heterocycles. The Balaban J connectivity index is 1.49. The van der Waals surface area contributed by atoms with Gasteiger partial charge in [0.25, 0.3) is 0 Å². The second kappa shape index (κ2) is 6.76. The topological polar surface area (TPSA) is 78.8 Å². The standard InChI is InChI=1S/C27H26N2O3/c1-26(2)17-9-5-7-11-19(17)28-21(26)13-15-23(30)16(25(32)24(15)31)14-22-27(3,4)18-10-6-8-12-20(18)29-22/h5-13,22,29-30H,14H2,1-4H3/b15-13-. The van der Waals surface area contributed by atoms with Crippen molar-refractivity contribution in [3.8, 4) is 0 Å². The molecule has 2 aliphatic heterocycles. The Morgan fingerprint density at radius 2 is 1.62 bits per heavy atom. The summed E-state index contributed by atoms with van der Waals surface area (Å²) >= 11 is 0. The van der Waals surface area contributed by atoms with E-state index in [-0.39, 0.29) is 34.8 Å². The van der Waals surface area contributed by atoms with Crippen LogP contribution in [0.15, 0.2) is 76.5 Å². The van der Waals surface area contributed by atoms with Gasteiger partial charge in [-0.05, 0) is 29.3 Å². The van der Waals surface area contributed by atoms with Crippen molar-refractivity contribution in [3.63, 3.8) is 0 Å². The minimum Gasteiger partial charge on any atom is -0.507 e. The highest BCUT2D eigenvalue weighted by atomic mass is 16.3. The molecule has 0 saturated heterocycles. The van der Waals surface area contributed by atoms with Gasteiger partial charge < -0.3 is 10.4 Å². The largest absolute Gasteiger partial charge is 0.507 e. The first-order valence-electron chi connectivity index (χ1n) is 10.9. The highest BCUT2D eigenvalue weighted by Crippen LogP contribution is 2.45. The second-order valence-corrected chi connectivity index (χ2v) is 9.85. The highest BCUT2D eigenvalue weighted by Gasteiger charge is 2.44. The van der Waals surface area contributed by atoms with Crippen molar-refractivity contribution < 1.29 is 14.7 Å². The van der Waals surface area contributed by atoms with E-state index < -0.39 is 17.0 Å². The number of ketones is 2. The minimum atomic E-state index is -0.666. The number of rotatable bonds is 3. The van der Waals surface area contributed by atoms with Gasteiger partial charge in [-0.2, -0.15) is 0 Å². The van der Waals surface area contributed by atoms with Gasteiger partial charge in [0.05, 0.1) is 17.0 Å². The van der Waals surface area contributed by atoms with Crippen molar-refractivity contribution in [2.24, 2.45) is 4.99 Å².